The third kappa shape index (κ3) is 4.41. The second-order valence-electron chi connectivity index (χ2n) is 4.46. The van der Waals surface area contributed by atoms with E-state index in [1.54, 1.807) is 56.1 Å². The molecule has 0 fully saturated rings. The Bertz CT molecular complexity index is 777. The number of thiazole rings is 1. The van der Waals surface area contributed by atoms with E-state index in [1.165, 1.54) is 5.57 Å². The molecular formula is C15H13N3OS4. The molecule has 2 aromatic rings. The summed E-state index contributed by atoms with van der Waals surface area (Å²) in [7, 11) is 6.69. The van der Waals surface area contributed by atoms with Crippen LogP contribution in [0, 0.1) is 0 Å². The molecule has 0 N–H and O–H groups in total. The Morgan fingerprint density at radius 2 is 2.30 bits per heavy atom. The van der Waals surface area contributed by atoms with Crippen LogP contribution in [0.15, 0.2) is 63.8 Å². The van der Waals surface area contributed by atoms with Gasteiger partial charge >= 0.3 is 0 Å². The highest BCUT2D eigenvalue weighted by Gasteiger charge is 2.09. The van der Waals surface area contributed by atoms with Crippen molar-refractivity contribution in [3.8, 4) is 0 Å². The molecule has 0 spiro atoms. The van der Waals surface area contributed by atoms with Crippen molar-refractivity contribution in [2.45, 2.75) is 4.34 Å². The van der Waals surface area contributed by atoms with Crippen LogP contribution in [0.3, 0.4) is 0 Å². The first-order valence-electron chi connectivity index (χ1n) is 6.63. The molecule has 2 aromatic heterocycles. The van der Waals surface area contributed by atoms with Crippen molar-refractivity contribution in [3.63, 3.8) is 0 Å². The van der Waals surface area contributed by atoms with Gasteiger partial charge in [-0.15, -0.1) is 0 Å². The largest absolute Gasteiger partial charge is 0.399 e. The topological polar surface area (TPSA) is 47.4 Å². The average molecular weight is 380 g/mol. The third-order valence-electron chi connectivity index (χ3n) is 2.87. The third-order valence-corrected chi connectivity index (χ3v) is 8.10. The molecule has 0 aliphatic heterocycles. The number of nitrogens with zero attached hydrogens (tertiary/aromatic N) is 3. The number of fused-ring (bicyclic) bond motifs is 1. The van der Waals surface area contributed by atoms with Crippen LogP contribution in [-0.4, -0.2) is 28.5 Å². The molecular weight excluding hydrogens is 366 g/mol. The van der Waals surface area contributed by atoms with Crippen LogP contribution in [0.25, 0.3) is 10.3 Å². The van der Waals surface area contributed by atoms with Crippen molar-refractivity contribution in [3.05, 3.63) is 54.3 Å². The van der Waals surface area contributed by atoms with E-state index < -0.39 is 0 Å². The maximum Gasteiger partial charge on any atom is 0.164 e. The summed E-state index contributed by atoms with van der Waals surface area (Å²) in [4.78, 5) is 14.7. The monoisotopic (exact) mass is 379 g/mol. The zero-order chi connectivity index (χ0) is 16.1. The molecule has 0 radical (unpaired) electrons. The van der Waals surface area contributed by atoms with Crippen molar-refractivity contribution in [1.29, 1.82) is 0 Å². The van der Waals surface area contributed by atoms with Gasteiger partial charge in [0.2, 0.25) is 0 Å². The number of aromatic nitrogens is 2. The quantitative estimate of drug-likeness (QED) is 0.394. The van der Waals surface area contributed by atoms with Crippen molar-refractivity contribution < 1.29 is 4.84 Å². The molecule has 1 aliphatic rings. The fourth-order valence-corrected chi connectivity index (χ4v) is 6.86. The van der Waals surface area contributed by atoms with Crippen LogP contribution >= 0.6 is 42.8 Å². The summed E-state index contributed by atoms with van der Waals surface area (Å²) in [5.41, 5.74) is 3.80. The number of hydrogen-bond acceptors (Lipinski definition) is 8. The molecule has 0 saturated carbocycles. The van der Waals surface area contributed by atoms with E-state index in [2.05, 4.69) is 27.8 Å². The van der Waals surface area contributed by atoms with E-state index in [0.717, 1.165) is 31.7 Å². The van der Waals surface area contributed by atoms with Gasteiger partial charge in [-0.3, -0.25) is 0 Å². The van der Waals surface area contributed by atoms with Gasteiger partial charge in [0.25, 0.3) is 0 Å². The van der Waals surface area contributed by atoms with Gasteiger partial charge in [0, 0.05) is 11.9 Å². The molecule has 0 unspecified atom stereocenters. The Balaban J connectivity index is 1.51. The number of oxime groups is 1. The Morgan fingerprint density at radius 1 is 1.39 bits per heavy atom. The summed E-state index contributed by atoms with van der Waals surface area (Å²) < 4.78 is 1.03. The highest BCUT2D eigenvalue weighted by atomic mass is 33.5. The van der Waals surface area contributed by atoms with Crippen molar-refractivity contribution in [1.82, 2.24) is 9.97 Å². The summed E-state index contributed by atoms with van der Waals surface area (Å²) in [6, 6.07) is 3.90. The molecule has 3 rings (SSSR count). The van der Waals surface area contributed by atoms with Crippen LogP contribution in [0.2, 0.25) is 0 Å². The van der Waals surface area contributed by atoms with Crippen LogP contribution in [-0.2, 0) is 4.84 Å². The summed E-state index contributed by atoms with van der Waals surface area (Å²) in [6.07, 6.45) is 7.83. The summed E-state index contributed by atoms with van der Waals surface area (Å²) in [5.74, 6) is 0.882. The van der Waals surface area contributed by atoms with E-state index in [0.29, 0.717) is 0 Å². The van der Waals surface area contributed by atoms with Gasteiger partial charge < -0.3 is 4.84 Å². The standard InChI is InChI=1S/C15H13N3OS4/c1-10-5-6-11(8-13(10)18-19-2)9-20-23-22-15-17-12-4-3-7-16-14(12)21-15/h3-8H,1,9H2,2H3/b18-13-. The summed E-state index contributed by atoms with van der Waals surface area (Å²) in [5, 5.41) is 3.97. The van der Waals surface area contributed by atoms with Crippen LogP contribution in [0.4, 0.5) is 0 Å². The molecule has 23 heavy (non-hydrogen) atoms. The van der Waals surface area contributed by atoms with Crippen molar-refractivity contribution in [2.24, 2.45) is 5.16 Å². The maximum absolute atomic E-state index is 4.83. The smallest absolute Gasteiger partial charge is 0.164 e. The number of hydrogen-bond donors (Lipinski definition) is 0. The minimum absolute atomic E-state index is 0.778. The molecule has 0 amide bonds. The lowest BCUT2D eigenvalue weighted by Crippen LogP contribution is -2.03. The Hall–Kier alpha value is -1.22. The number of rotatable bonds is 6. The summed E-state index contributed by atoms with van der Waals surface area (Å²) >= 11 is 1.62. The molecule has 0 atom stereocenters. The molecule has 1 aliphatic carbocycles. The van der Waals surface area contributed by atoms with Crippen molar-refractivity contribution >= 4 is 58.8 Å². The van der Waals surface area contributed by atoms with Gasteiger partial charge in [-0.2, -0.15) is 0 Å². The molecule has 0 aromatic carbocycles. The zero-order valence-corrected chi connectivity index (χ0v) is 15.5. The minimum Gasteiger partial charge on any atom is -0.399 e. The van der Waals surface area contributed by atoms with Gasteiger partial charge in [0.05, 0.1) is 0 Å². The van der Waals surface area contributed by atoms with Gasteiger partial charge in [-0.05, 0) is 50.0 Å². The second kappa shape index (κ2) is 8.05. The number of allylic oxidation sites excluding steroid dienone is 4. The lowest BCUT2D eigenvalue weighted by atomic mass is 10.0. The fraction of sp³-hybridized carbons (Fsp3) is 0.133. The van der Waals surface area contributed by atoms with E-state index in [1.807, 2.05) is 24.3 Å². The van der Waals surface area contributed by atoms with Crippen LogP contribution in [0.5, 0.6) is 0 Å². The average Bonchev–Trinajstić information content (AvgIpc) is 2.97. The molecule has 4 nitrogen and oxygen atoms in total. The highest BCUT2D eigenvalue weighted by Crippen LogP contribution is 2.43. The van der Waals surface area contributed by atoms with Gasteiger partial charge in [0.15, 0.2) is 4.34 Å². The van der Waals surface area contributed by atoms with E-state index in [-0.39, 0.29) is 0 Å². The van der Waals surface area contributed by atoms with Crippen LogP contribution in [0.1, 0.15) is 0 Å². The normalized spacial score (nSPS) is 16.1. The first kappa shape index (κ1) is 16.6. The van der Waals surface area contributed by atoms with Gasteiger partial charge in [0.1, 0.15) is 23.2 Å². The second-order valence-corrected chi connectivity index (χ2v) is 9.75. The predicted molar refractivity (Wildman–Crippen MR) is 104 cm³/mol. The lowest BCUT2D eigenvalue weighted by molar-refractivity contribution is 0.214. The zero-order valence-electron chi connectivity index (χ0n) is 12.3. The minimum atomic E-state index is 0.778. The Labute approximate surface area is 150 Å². The van der Waals surface area contributed by atoms with E-state index in [9.17, 15) is 0 Å². The molecule has 0 bridgehead atoms. The van der Waals surface area contributed by atoms with Crippen LogP contribution < -0.4 is 0 Å². The van der Waals surface area contributed by atoms with E-state index >= 15 is 0 Å². The first-order valence-corrected chi connectivity index (χ1v) is 11.1. The lowest BCUT2D eigenvalue weighted by Gasteiger charge is -2.09. The number of pyridine rings is 1. The Kier molecular flexibility index (Phi) is 5.82. The molecule has 2 heterocycles. The highest BCUT2D eigenvalue weighted by molar-refractivity contribution is 9.09. The molecule has 118 valence electrons. The van der Waals surface area contributed by atoms with Gasteiger partial charge in [-0.1, -0.05) is 46.0 Å². The molecule has 8 heteroatoms. The fourth-order valence-electron chi connectivity index (χ4n) is 1.81. The predicted octanol–water partition coefficient (Wildman–Crippen LogP) is 5.13. The van der Waals surface area contributed by atoms with Crippen molar-refractivity contribution in [2.75, 3.05) is 12.9 Å². The van der Waals surface area contributed by atoms with Gasteiger partial charge in [-0.25, -0.2) is 9.97 Å². The molecule has 0 saturated heterocycles. The Morgan fingerprint density at radius 3 is 3.13 bits per heavy atom. The maximum atomic E-state index is 4.83. The summed E-state index contributed by atoms with van der Waals surface area (Å²) in [6.45, 7) is 3.93. The first-order chi connectivity index (χ1) is 11.3. The van der Waals surface area contributed by atoms with E-state index in [4.69, 9.17) is 4.84 Å². The SMILES string of the molecule is C=C1C=CC(CSSSc2nc3cccnc3s2)=C/C1=N/OC.